The lowest BCUT2D eigenvalue weighted by Crippen LogP contribution is -2.28. The van der Waals surface area contributed by atoms with E-state index in [4.69, 9.17) is 10.9 Å². The Labute approximate surface area is 149 Å². The minimum absolute atomic E-state index is 0.0723. The van der Waals surface area contributed by atoms with Crippen LogP contribution in [0.15, 0.2) is 65.8 Å². The minimum atomic E-state index is -3.83. The van der Waals surface area contributed by atoms with Gasteiger partial charge in [-0.2, -0.15) is 5.10 Å². The monoisotopic (exact) mass is 374 g/mol. The van der Waals surface area contributed by atoms with E-state index in [9.17, 15) is 17.6 Å². The van der Waals surface area contributed by atoms with Crippen LogP contribution in [0.3, 0.4) is 0 Å². The van der Waals surface area contributed by atoms with E-state index in [1.54, 1.807) is 18.3 Å². The van der Waals surface area contributed by atoms with Crippen LogP contribution in [-0.2, 0) is 14.8 Å². The summed E-state index contributed by atoms with van der Waals surface area (Å²) >= 11 is 0. The molecule has 0 bridgehead atoms. The van der Waals surface area contributed by atoms with Crippen LogP contribution in [0, 0.1) is 5.82 Å². The van der Waals surface area contributed by atoms with Crippen molar-refractivity contribution in [1.82, 2.24) is 9.78 Å². The topological polar surface area (TPSA) is 121 Å². The van der Waals surface area contributed by atoms with Gasteiger partial charge in [0.1, 0.15) is 5.82 Å². The lowest BCUT2D eigenvalue weighted by molar-refractivity contribution is -0.120. The fourth-order valence-corrected chi connectivity index (χ4v) is 3.07. The van der Waals surface area contributed by atoms with Gasteiger partial charge in [0, 0.05) is 11.8 Å². The fraction of sp³-hybridized carbons (Fsp3) is 0.0588. The van der Waals surface area contributed by atoms with E-state index >= 15 is 0 Å². The number of primary sulfonamides is 1. The van der Waals surface area contributed by atoms with Crippen molar-refractivity contribution >= 4 is 15.9 Å². The highest BCUT2D eigenvalue weighted by atomic mass is 32.2. The van der Waals surface area contributed by atoms with Crippen molar-refractivity contribution in [1.29, 1.82) is 0 Å². The van der Waals surface area contributed by atoms with Crippen LogP contribution in [-0.4, -0.2) is 24.1 Å². The van der Waals surface area contributed by atoms with Crippen molar-refractivity contribution in [3.63, 3.8) is 0 Å². The number of primary amides is 1. The summed E-state index contributed by atoms with van der Waals surface area (Å²) in [5.74, 6) is -1.02. The number of rotatable bonds is 5. The SMILES string of the molecule is NC(=O)C(c1ccc(S(N)(=O)=O)cc1)n1cc(-c2ccc(F)cc2)cn1. The molecule has 26 heavy (non-hydrogen) atoms. The Hall–Kier alpha value is -3.04. The summed E-state index contributed by atoms with van der Waals surface area (Å²) < 4.78 is 37.1. The van der Waals surface area contributed by atoms with Crippen LogP contribution >= 0.6 is 0 Å². The zero-order valence-corrected chi connectivity index (χ0v) is 14.2. The quantitative estimate of drug-likeness (QED) is 0.701. The Morgan fingerprint density at radius 2 is 1.65 bits per heavy atom. The molecule has 1 atom stereocenters. The third kappa shape index (κ3) is 3.63. The molecular weight excluding hydrogens is 359 g/mol. The lowest BCUT2D eigenvalue weighted by Gasteiger charge is -2.14. The maximum atomic E-state index is 13.0. The summed E-state index contributed by atoms with van der Waals surface area (Å²) in [7, 11) is -3.83. The Morgan fingerprint density at radius 1 is 1.04 bits per heavy atom. The van der Waals surface area contributed by atoms with Crippen LogP contribution in [0.25, 0.3) is 11.1 Å². The molecule has 9 heteroatoms. The van der Waals surface area contributed by atoms with Crippen LogP contribution in [0.5, 0.6) is 0 Å². The third-order valence-corrected chi connectivity index (χ3v) is 4.77. The predicted molar refractivity (Wildman–Crippen MR) is 92.8 cm³/mol. The van der Waals surface area contributed by atoms with Gasteiger partial charge in [-0.3, -0.25) is 9.48 Å². The van der Waals surface area contributed by atoms with Crippen molar-refractivity contribution in [2.75, 3.05) is 0 Å². The normalized spacial score (nSPS) is 12.7. The number of benzene rings is 2. The van der Waals surface area contributed by atoms with E-state index < -0.39 is 22.0 Å². The molecule has 0 aliphatic carbocycles. The minimum Gasteiger partial charge on any atom is -0.368 e. The molecule has 3 rings (SSSR count). The highest BCUT2D eigenvalue weighted by Crippen LogP contribution is 2.24. The second-order valence-corrected chi connectivity index (χ2v) is 7.20. The van der Waals surface area contributed by atoms with Crippen molar-refractivity contribution in [3.05, 3.63) is 72.3 Å². The lowest BCUT2D eigenvalue weighted by atomic mass is 10.1. The maximum Gasteiger partial charge on any atom is 0.246 e. The van der Waals surface area contributed by atoms with E-state index in [1.165, 1.54) is 47.3 Å². The van der Waals surface area contributed by atoms with Gasteiger partial charge >= 0.3 is 0 Å². The molecule has 0 aliphatic heterocycles. The molecule has 0 spiro atoms. The number of amides is 1. The number of sulfonamides is 1. The molecule has 1 amide bonds. The van der Waals surface area contributed by atoms with Crippen molar-refractivity contribution in [2.45, 2.75) is 10.9 Å². The third-order valence-electron chi connectivity index (χ3n) is 3.84. The molecule has 0 fully saturated rings. The maximum absolute atomic E-state index is 13.0. The van der Waals surface area contributed by atoms with Gasteiger partial charge in [0.05, 0.1) is 11.1 Å². The van der Waals surface area contributed by atoms with Gasteiger partial charge in [0.25, 0.3) is 0 Å². The first-order valence-corrected chi connectivity index (χ1v) is 9.02. The van der Waals surface area contributed by atoms with Gasteiger partial charge in [-0.1, -0.05) is 24.3 Å². The number of nitrogens with two attached hydrogens (primary N) is 2. The molecule has 3 aromatic rings. The van der Waals surface area contributed by atoms with E-state index in [1.807, 2.05) is 0 Å². The van der Waals surface area contributed by atoms with Gasteiger partial charge in [-0.25, -0.2) is 17.9 Å². The molecule has 7 nitrogen and oxygen atoms in total. The number of carbonyl (C=O) groups is 1. The summed E-state index contributed by atoms with van der Waals surface area (Å²) in [5.41, 5.74) is 7.36. The number of nitrogens with zero attached hydrogens (tertiary/aromatic N) is 2. The first-order valence-electron chi connectivity index (χ1n) is 7.48. The van der Waals surface area contributed by atoms with Gasteiger partial charge < -0.3 is 5.73 Å². The Bertz CT molecular complexity index is 1040. The highest BCUT2D eigenvalue weighted by Gasteiger charge is 2.22. The number of carbonyl (C=O) groups excluding carboxylic acids is 1. The Balaban J connectivity index is 1.96. The largest absolute Gasteiger partial charge is 0.368 e. The van der Waals surface area contributed by atoms with Gasteiger partial charge in [0.15, 0.2) is 6.04 Å². The zero-order valence-electron chi connectivity index (χ0n) is 13.4. The first-order chi connectivity index (χ1) is 12.3. The van der Waals surface area contributed by atoms with Crippen molar-refractivity contribution in [3.8, 4) is 11.1 Å². The molecular formula is C17H15FN4O3S. The molecule has 0 aliphatic rings. The summed E-state index contributed by atoms with van der Waals surface area (Å²) in [6.45, 7) is 0. The van der Waals surface area contributed by atoms with E-state index in [-0.39, 0.29) is 10.7 Å². The van der Waals surface area contributed by atoms with Crippen LogP contribution in [0.1, 0.15) is 11.6 Å². The highest BCUT2D eigenvalue weighted by molar-refractivity contribution is 7.89. The van der Waals surface area contributed by atoms with E-state index in [0.717, 1.165) is 5.56 Å². The van der Waals surface area contributed by atoms with E-state index in [0.29, 0.717) is 11.1 Å². The number of aromatic nitrogens is 2. The number of hydrogen-bond acceptors (Lipinski definition) is 4. The van der Waals surface area contributed by atoms with E-state index in [2.05, 4.69) is 5.10 Å². The first kappa shape index (κ1) is 17.8. The molecule has 4 N–H and O–H groups in total. The van der Waals surface area contributed by atoms with Crippen LogP contribution in [0.4, 0.5) is 4.39 Å². The molecule has 134 valence electrons. The van der Waals surface area contributed by atoms with Crippen LogP contribution in [0.2, 0.25) is 0 Å². The standard InChI is InChI=1S/C17H15FN4O3S/c18-14-5-1-11(2-6-14)13-9-21-22(10-13)16(17(19)23)12-3-7-15(8-4-12)26(20,24)25/h1-10,16H,(H2,19,23)(H2,20,24,25). The fourth-order valence-electron chi connectivity index (χ4n) is 2.56. The van der Waals surface area contributed by atoms with Crippen molar-refractivity contribution < 1.29 is 17.6 Å². The second-order valence-electron chi connectivity index (χ2n) is 5.63. The van der Waals surface area contributed by atoms with Crippen LogP contribution < -0.4 is 10.9 Å². The van der Waals surface area contributed by atoms with Gasteiger partial charge in [-0.05, 0) is 35.4 Å². The molecule has 1 unspecified atom stereocenters. The van der Waals surface area contributed by atoms with Gasteiger partial charge in [-0.15, -0.1) is 0 Å². The predicted octanol–water partition coefficient (Wildman–Crippen LogP) is 1.41. The summed E-state index contributed by atoms with van der Waals surface area (Å²) in [6, 6.07) is 10.4. The van der Waals surface area contributed by atoms with Gasteiger partial charge in [0.2, 0.25) is 15.9 Å². The Morgan fingerprint density at radius 3 is 2.19 bits per heavy atom. The summed E-state index contributed by atoms with van der Waals surface area (Å²) in [4.78, 5) is 11.9. The average molecular weight is 374 g/mol. The van der Waals surface area contributed by atoms with Crippen molar-refractivity contribution in [2.24, 2.45) is 10.9 Å². The molecule has 0 saturated carbocycles. The second kappa shape index (κ2) is 6.70. The zero-order chi connectivity index (χ0) is 18.9. The summed E-state index contributed by atoms with van der Waals surface area (Å²) in [5, 5.41) is 9.23. The molecule has 2 aromatic carbocycles. The molecule has 0 radical (unpaired) electrons. The summed E-state index contributed by atoms with van der Waals surface area (Å²) in [6.07, 6.45) is 3.14. The molecule has 1 heterocycles. The molecule has 1 aromatic heterocycles. The molecule has 0 saturated heterocycles. The number of hydrogen-bond donors (Lipinski definition) is 2. The Kier molecular flexibility index (Phi) is 4.58. The smallest absolute Gasteiger partial charge is 0.246 e. The average Bonchev–Trinajstić information content (AvgIpc) is 3.04. The number of halogens is 1.